The summed E-state index contributed by atoms with van der Waals surface area (Å²) >= 11 is 5.90. The van der Waals surface area contributed by atoms with E-state index in [9.17, 15) is 8.78 Å². The molecule has 1 fully saturated rings. The van der Waals surface area contributed by atoms with Crippen molar-refractivity contribution in [3.05, 3.63) is 29.6 Å². The Hall–Kier alpha value is -1.16. The van der Waals surface area contributed by atoms with Crippen LogP contribution in [0.25, 0.3) is 11.0 Å². The minimum atomic E-state index is -0.620. The van der Waals surface area contributed by atoms with E-state index in [1.165, 1.54) is 38.2 Å². The number of fused-ring (bicyclic) bond motifs is 1. The van der Waals surface area contributed by atoms with Crippen molar-refractivity contribution >= 4 is 22.6 Å². The summed E-state index contributed by atoms with van der Waals surface area (Å²) in [6, 6.07) is 2.22. The largest absolute Gasteiger partial charge is 0.327 e. The molecule has 1 heterocycles. The van der Waals surface area contributed by atoms with Crippen molar-refractivity contribution in [1.29, 1.82) is 0 Å². The number of aryl methyl sites for hydroxylation is 1. The third kappa shape index (κ3) is 3.05. The Labute approximate surface area is 128 Å². The molecule has 21 heavy (non-hydrogen) atoms. The molecule has 1 aromatic heterocycles. The van der Waals surface area contributed by atoms with Crippen LogP contribution in [0.3, 0.4) is 0 Å². The average molecular weight is 313 g/mol. The smallest absolute Gasteiger partial charge is 0.153 e. The number of alkyl halides is 1. The zero-order valence-electron chi connectivity index (χ0n) is 11.9. The van der Waals surface area contributed by atoms with Gasteiger partial charge in [-0.25, -0.2) is 13.8 Å². The molecule has 0 N–H and O–H groups in total. The van der Waals surface area contributed by atoms with Crippen molar-refractivity contribution in [2.45, 2.75) is 50.9 Å². The molecule has 5 heteroatoms. The Kier molecular flexibility index (Phi) is 4.43. The van der Waals surface area contributed by atoms with Gasteiger partial charge in [0, 0.05) is 12.6 Å². The number of aromatic nitrogens is 2. The van der Waals surface area contributed by atoms with Gasteiger partial charge in [0.05, 0.1) is 11.4 Å². The summed E-state index contributed by atoms with van der Waals surface area (Å²) in [5, 5.41) is 0. The molecule has 1 saturated carbocycles. The van der Waals surface area contributed by atoms with E-state index in [0.29, 0.717) is 11.3 Å². The number of hydrogen-bond acceptors (Lipinski definition) is 1. The van der Waals surface area contributed by atoms with E-state index >= 15 is 0 Å². The SMILES string of the molecule is Fc1cc(F)c2nc(CCl)n(CCCC3CCCC3)c2c1. The van der Waals surface area contributed by atoms with E-state index in [1.54, 1.807) is 0 Å². The number of imidazole rings is 1. The lowest BCUT2D eigenvalue weighted by atomic mass is 10.0. The van der Waals surface area contributed by atoms with Gasteiger partial charge in [0.1, 0.15) is 17.2 Å². The van der Waals surface area contributed by atoms with Gasteiger partial charge in [-0.1, -0.05) is 25.7 Å². The highest BCUT2D eigenvalue weighted by molar-refractivity contribution is 6.16. The van der Waals surface area contributed by atoms with Crippen LogP contribution in [0.1, 0.15) is 44.3 Å². The highest BCUT2D eigenvalue weighted by Gasteiger charge is 2.17. The lowest BCUT2D eigenvalue weighted by molar-refractivity contribution is 0.458. The van der Waals surface area contributed by atoms with Crippen molar-refractivity contribution < 1.29 is 8.78 Å². The second-order valence-electron chi connectivity index (χ2n) is 5.86. The standard InChI is InChI=1S/C16H19ClF2N2/c17-10-15-20-16-13(19)8-12(18)9-14(16)21(15)7-3-6-11-4-1-2-5-11/h8-9,11H,1-7,10H2. The fourth-order valence-electron chi connectivity index (χ4n) is 3.39. The molecule has 0 saturated heterocycles. The quantitative estimate of drug-likeness (QED) is 0.708. The summed E-state index contributed by atoms with van der Waals surface area (Å²) in [4.78, 5) is 4.21. The highest BCUT2D eigenvalue weighted by Crippen LogP contribution is 2.29. The van der Waals surface area contributed by atoms with Gasteiger partial charge in [0.2, 0.25) is 0 Å². The van der Waals surface area contributed by atoms with Gasteiger partial charge in [0.15, 0.2) is 5.82 Å². The molecule has 3 rings (SSSR count). The van der Waals surface area contributed by atoms with E-state index in [-0.39, 0.29) is 11.4 Å². The van der Waals surface area contributed by atoms with Crippen molar-refractivity contribution in [3.63, 3.8) is 0 Å². The number of halogens is 3. The van der Waals surface area contributed by atoms with Gasteiger partial charge >= 0.3 is 0 Å². The van der Waals surface area contributed by atoms with E-state index in [1.807, 2.05) is 4.57 Å². The molecule has 2 aromatic rings. The third-order valence-corrected chi connectivity index (χ3v) is 4.68. The fourth-order valence-corrected chi connectivity index (χ4v) is 3.59. The molecule has 0 spiro atoms. The van der Waals surface area contributed by atoms with Crippen LogP contribution in [-0.2, 0) is 12.4 Å². The van der Waals surface area contributed by atoms with Gasteiger partial charge in [-0.05, 0) is 24.8 Å². The Morgan fingerprint density at radius 2 is 2.00 bits per heavy atom. The van der Waals surface area contributed by atoms with Crippen LogP contribution in [0.15, 0.2) is 12.1 Å². The molecule has 1 aliphatic rings. The number of hydrogen-bond donors (Lipinski definition) is 0. The van der Waals surface area contributed by atoms with Crippen molar-refractivity contribution in [3.8, 4) is 0 Å². The topological polar surface area (TPSA) is 17.8 Å². The summed E-state index contributed by atoms with van der Waals surface area (Å²) in [5.74, 6) is 0.443. The van der Waals surface area contributed by atoms with Crippen molar-refractivity contribution in [1.82, 2.24) is 9.55 Å². The van der Waals surface area contributed by atoms with Crippen LogP contribution in [0.4, 0.5) is 8.78 Å². The molecule has 1 aromatic carbocycles. The summed E-state index contributed by atoms with van der Waals surface area (Å²) in [5.41, 5.74) is 0.725. The van der Waals surface area contributed by atoms with E-state index in [0.717, 1.165) is 24.9 Å². The lowest BCUT2D eigenvalue weighted by Crippen LogP contribution is -2.04. The molecule has 0 amide bonds. The van der Waals surface area contributed by atoms with Gasteiger partial charge in [0.25, 0.3) is 0 Å². The predicted octanol–water partition coefficient (Wildman–Crippen LogP) is 5.02. The Balaban J connectivity index is 1.82. The second kappa shape index (κ2) is 6.30. The maximum Gasteiger partial charge on any atom is 0.153 e. The zero-order chi connectivity index (χ0) is 14.8. The second-order valence-corrected chi connectivity index (χ2v) is 6.13. The fraction of sp³-hybridized carbons (Fsp3) is 0.562. The number of benzene rings is 1. The minimum absolute atomic E-state index is 0.208. The Morgan fingerprint density at radius 3 is 2.71 bits per heavy atom. The summed E-state index contributed by atoms with van der Waals surface area (Å²) in [6.07, 6.45) is 7.47. The van der Waals surface area contributed by atoms with Crippen LogP contribution in [0.5, 0.6) is 0 Å². The van der Waals surface area contributed by atoms with Crippen molar-refractivity contribution in [2.75, 3.05) is 0 Å². The third-order valence-electron chi connectivity index (χ3n) is 4.44. The zero-order valence-corrected chi connectivity index (χ0v) is 12.7. The minimum Gasteiger partial charge on any atom is -0.327 e. The molecule has 0 unspecified atom stereocenters. The molecule has 0 atom stereocenters. The predicted molar refractivity (Wildman–Crippen MR) is 80.4 cm³/mol. The maximum absolute atomic E-state index is 13.8. The molecule has 1 aliphatic carbocycles. The molecular weight excluding hydrogens is 294 g/mol. The molecular formula is C16H19ClF2N2. The first kappa shape index (κ1) is 14.8. The average Bonchev–Trinajstić information content (AvgIpc) is 3.07. The van der Waals surface area contributed by atoms with Crippen LogP contribution in [0, 0.1) is 17.6 Å². The van der Waals surface area contributed by atoms with Crippen molar-refractivity contribution in [2.24, 2.45) is 5.92 Å². The van der Waals surface area contributed by atoms with Crippen LogP contribution < -0.4 is 0 Å². The van der Waals surface area contributed by atoms with E-state index in [4.69, 9.17) is 11.6 Å². The highest BCUT2D eigenvalue weighted by atomic mass is 35.5. The molecule has 0 radical (unpaired) electrons. The Bertz CT molecular complexity index is 633. The summed E-state index contributed by atoms with van der Waals surface area (Å²) in [7, 11) is 0. The monoisotopic (exact) mass is 312 g/mol. The molecule has 0 aliphatic heterocycles. The van der Waals surface area contributed by atoms with Gasteiger partial charge in [-0.15, -0.1) is 11.6 Å². The van der Waals surface area contributed by atoms with Gasteiger partial charge in [-0.2, -0.15) is 0 Å². The summed E-state index contributed by atoms with van der Waals surface area (Å²) in [6.45, 7) is 0.720. The van der Waals surface area contributed by atoms with E-state index in [2.05, 4.69) is 4.98 Å². The lowest BCUT2D eigenvalue weighted by Gasteiger charge is -2.11. The number of rotatable bonds is 5. The number of nitrogens with zero attached hydrogens (tertiary/aromatic N) is 2. The molecule has 0 bridgehead atoms. The van der Waals surface area contributed by atoms with Crippen LogP contribution >= 0.6 is 11.6 Å². The maximum atomic E-state index is 13.8. The first-order valence-electron chi connectivity index (χ1n) is 7.59. The van der Waals surface area contributed by atoms with Gasteiger partial charge < -0.3 is 4.57 Å². The Morgan fingerprint density at radius 1 is 1.24 bits per heavy atom. The first-order valence-corrected chi connectivity index (χ1v) is 8.12. The van der Waals surface area contributed by atoms with Gasteiger partial charge in [-0.3, -0.25) is 0 Å². The van der Waals surface area contributed by atoms with Crippen LogP contribution in [0.2, 0.25) is 0 Å². The summed E-state index contributed by atoms with van der Waals surface area (Å²) < 4.78 is 29.1. The molecule has 114 valence electrons. The first-order chi connectivity index (χ1) is 10.2. The van der Waals surface area contributed by atoms with E-state index < -0.39 is 11.6 Å². The normalized spacial score (nSPS) is 16.1. The van der Waals surface area contributed by atoms with Crippen LogP contribution in [-0.4, -0.2) is 9.55 Å². The molecule has 2 nitrogen and oxygen atoms in total.